The van der Waals surface area contributed by atoms with Crippen LogP contribution >= 0.6 is 0 Å². The predicted molar refractivity (Wildman–Crippen MR) is 91.8 cm³/mol. The minimum atomic E-state index is -0.530. The van der Waals surface area contributed by atoms with Crippen molar-refractivity contribution in [1.82, 2.24) is 5.43 Å². The van der Waals surface area contributed by atoms with E-state index in [1.807, 2.05) is 0 Å². The van der Waals surface area contributed by atoms with E-state index in [1.165, 1.54) is 24.4 Å². The highest BCUT2D eigenvalue weighted by molar-refractivity contribution is 5.84. The number of nitro benzene ring substituents is 1. The molecule has 0 spiro atoms. The summed E-state index contributed by atoms with van der Waals surface area (Å²) in [5.41, 5.74) is 3.13. The van der Waals surface area contributed by atoms with Gasteiger partial charge in [-0.1, -0.05) is 18.2 Å². The second kappa shape index (κ2) is 8.44. The van der Waals surface area contributed by atoms with Crippen molar-refractivity contribution in [2.75, 3.05) is 6.61 Å². The molecule has 0 atom stereocenters. The molecule has 1 amide bonds. The molecule has 2 aromatic rings. The lowest BCUT2D eigenvalue weighted by molar-refractivity contribution is -0.385. The van der Waals surface area contributed by atoms with Crippen molar-refractivity contribution in [3.63, 3.8) is 0 Å². The third-order valence-corrected chi connectivity index (χ3v) is 3.23. The van der Waals surface area contributed by atoms with Crippen molar-refractivity contribution >= 4 is 17.8 Å². The summed E-state index contributed by atoms with van der Waals surface area (Å²) in [4.78, 5) is 22.3. The van der Waals surface area contributed by atoms with E-state index in [9.17, 15) is 20.0 Å². The number of nitrogens with one attached hydrogen (secondary N) is 1. The van der Waals surface area contributed by atoms with Crippen molar-refractivity contribution < 1.29 is 19.6 Å². The third kappa shape index (κ3) is 5.03. The largest absolute Gasteiger partial charge is 0.504 e. The first-order valence-electron chi connectivity index (χ1n) is 7.51. The van der Waals surface area contributed by atoms with Gasteiger partial charge in [-0.05, 0) is 30.7 Å². The number of amides is 1. The molecule has 0 radical (unpaired) electrons. The van der Waals surface area contributed by atoms with Crippen molar-refractivity contribution in [1.29, 1.82) is 0 Å². The molecule has 0 aliphatic heterocycles. The fraction of sp³-hybridized carbons (Fsp3) is 0.176. The highest BCUT2D eigenvalue weighted by Crippen LogP contribution is 2.26. The van der Waals surface area contributed by atoms with E-state index in [2.05, 4.69) is 10.5 Å². The summed E-state index contributed by atoms with van der Waals surface area (Å²) >= 11 is 0. The lowest BCUT2D eigenvalue weighted by Gasteiger charge is -2.06. The van der Waals surface area contributed by atoms with E-state index in [4.69, 9.17) is 4.74 Å². The van der Waals surface area contributed by atoms with Gasteiger partial charge in [-0.25, -0.2) is 5.43 Å². The quantitative estimate of drug-likeness (QED) is 0.455. The topological polar surface area (TPSA) is 114 Å². The first-order valence-corrected chi connectivity index (χ1v) is 7.51. The van der Waals surface area contributed by atoms with E-state index in [1.54, 1.807) is 31.2 Å². The molecular weight excluding hydrogens is 326 g/mol. The molecule has 0 heterocycles. The monoisotopic (exact) mass is 343 g/mol. The van der Waals surface area contributed by atoms with Crippen LogP contribution in [0.1, 0.15) is 18.1 Å². The lowest BCUT2D eigenvalue weighted by Crippen LogP contribution is -2.20. The number of phenols is 1. The van der Waals surface area contributed by atoms with Gasteiger partial charge in [0.1, 0.15) is 0 Å². The summed E-state index contributed by atoms with van der Waals surface area (Å²) in [5, 5.41) is 24.4. The summed E-state index contributed by atoms with van der Waals surface area (Å²) < 4.78 is 5.26. The summed E-state index contributed by atoms with van der Waals surface area (Å²) in [7, 11) is 0. The Kier molecular flexibility index (Phi) is 6.05. The number of carbonyl (C=O) groups is 1. The van der Waals surface area contributed by atoms with E-state index < -0.39 is 10.8 Å². The number of rotatable bonds is 7. The van der Waals surface area contributed by atoms with E-state index in [0.717, 1.165) is 0 Å². The number of para-hydroxylation sites is 1. The average Bonchev–Trinajstić information content (AvgIpc) is 2.58. The average molecular weight is 343 g/mol. The van der Waals surface area contributed by atoms with Crippen LogP contribution in [0.4, 0.5) is 5.69 Å². The fourth-order valence-corrected chi connectivity index (χ4v) is 2.11. The minimum absolute atomic E-state index is 0.0134. The molecule has 8 nitrogen and oxygen atoms in total. The summed E-state index contributed by atoms with van der Waals surface area (Å²) in [6.45, 7) is 2.20. The molecule has 0 bridgehead atoms. The van der Waals surface area contributed by atoms with Gasteiger partial charge in [0.25, 0.3) is 5.69 Å². The molecule has 8 heteroatoms. The molecular formula is C17H17N3O5. The van der Waals surface area contributed by atoms with Crippen molar-refractivity contribution in [2.24, 2.45) is 5.10 Å². The molecule has 2 N–H and O–H groups in total. The Labute approximate surface area is 143 Å². The summed E-state index contributed by atoms with van der Waals surface area (Å²) in [5.74, 6) is -0.147. The molecule has 0 saturated heterocycles. The van der Waals surface area contributed by atoms with Gasteiger partial charge < -0.3 is 9.84 Å². The maximum atomic E-state index is 11.9. The Hall–Kier alpha value is -3.42. The number of carbonyl (C=O) groups excluding carboxylic acids is 1. The summed E-state index contributed by atoms with van der Waals surface area (Å²) in [6.07, 6.45) is 1.23. The van der Waals surface area contributed by atoms with E-state index in [-0.39, 0.29) is 17.9 Å². The van der Waals surface area contributed by atoms with Crippen LogP contribution in [0.25, 0.3) is 0 Å². The molecule has 0 aliphatic rings. The molecule has 0 aliphatic carbocycles. The van der Waals surface area contributed by atoms with Crippen LogP contribution in [0.3, 0.4) is 0 Å². The van der Waals surface area contributed by atoms with Gasteiger partial charge in [0.05, 0.1) is 24.2 Å². The highest BCUT2D eigenvalue weighted by atomic mass is 16.6. The minimum Gasteiger partial charge on any atom is -0.504 e. The predicted octanol–water partition coefficient (Wildman–Crippen LogP) is 2.39. The zero-order chi connectivity index (χ0) is 18.2. The van der Waals surface area contributed by atoms with Crippen molar-refractivity contribution in [3.05, 3.63) is 63.7 Å². The number of hydrazone groups is 1. The Bertz CT molecular complexity index is 805. The number of phenolic OH excluding ortho intramolecular Hbond substituents is 1. The first-order chi connectivity index (χ1) is 12.0. The normalized spacial score (nSPS) is 10.6. The van der Waals surface area contributed by atoms with Crippen LogP contribution in [0.15, 0.2) is 47.6 Å². The molecule has 0 aromatic heterocycles. The van der Waals surface area contributed by atoms with Crippen LogP contribution in [0, 0.1) is 10.1 Å². The number of hydrogen-bond donors (Lipinski definition) is 2. The number of nitro groups is 1. The van der Waals surface area contributed by atoms with Crippen molar-refractivity contribution in [3.8, 4) is 11.5 Å². The maximum absolute atomic E-state index is 11.9. The summed E-state index contributed by atoms with van der Waals surface area (Å²) in [6, 6.07) is 10.7. The Morgan fingerprint density at radius 2 is 2.12 bits per heavy atom. The zero-order valence-corrected chi connectivity index (χ0v) is 13.5. The zero-order valence-electron chi connectivity index (χ0n) is 13.5. The molecule has 130 valence electrons. The van der Waals surface area contributed by atoms with Gasteiger partial charge in [-0.3, -0.25) is 14.9 Å². The first kappa shape index (κ1) is 17.9. The SMILES string of the molecule is CCOc1cc(/C=N/NC(=O)Cc2ccccc2[N+](=O)[O-])ccc1O. The Balaban J connectivity index is 1.99. The molecule has 0 fully saturated rings. The van der Waals surface area contributed by atoms with Gasteiger partial charge in [0.15, 0.2) is 11.5 Å². The van der Waals surface area contributed by atoms with E-state index >= 15 is 0 Å². The van der Waals surface area contributed by atoms with Crippen LogP contribution < -0.4 is 10.2 Å². The number of hydrogen-bond acceptors (Lipinski definition) is 6. The molecule has 0 unspecified atom stereocenters. The highest BCUT2D eigenvalue weighted by Gasteiger charge is 2.15. The molecule has 2 rings (SSSR count). The molecule has 2 aromatic carbocycles. The second-order valence-corrected chi connectivity index (χ2v) is 5.02. The van der Waals surface area contributed by atoms with Crippen molar-refractivity contribution in [2.45, 2.75) is 13.3 Å². The maximum Gasteiger partial charge on any atom is 0.273 e. The fourth-order valence-electron chi connectivity index (χ4n) is 2.11. The smallest absolute Gasteiger partial charge is 0.273 e. The third-order valence-electron chi connectivity index (χ3n) is 3.23. The van der Waals surface area contributed by atoms with Crippen LogP contribution in [0.5, 0.6) is 11.5 Å². The molecule has 0 saturated carbocycles. The Morgan fingerprint density at radius 3 is 2.84 bits per heavy atom. The van der Waals surface area contributed by atoms with Gasteiger partial charge in [-0.2, -0.15) is 5.10 Å². The van der Waals surface area contributed by atoms with Gasteiger partial charge in [0.2, 0.25) is 5.91 Å². The van der Waals surface area contributed by atoms with E-state index in [0.29, 0.717) is 23.5 Å². The Morgan fingerprint density at radius 1 is 1.36 bits per heavy atom. The second-order valence-electron chi connectivity index (χ2n) is 5.02. The number of aromatic hydroxyl groups is 1. The van der Waals surface area contributed by atoms with Crippen LogP contribution in [-0.2, 0) is 11.2 Å². The number of benzene rings is 2. The van der Waals surface area contributed by atoms with Crippen LogP contribution in [0.2, 0.25) is 0 Å². The van der Waals surface area contributed by atoms with Gasteiger partial charge in [-0.15, -0.1) is 0 Å². The van der Waals surface area contributed by atoms with Crippen LogP contribution in [-0.4, -0.2) is 28.8 Å². The standard InChI is InChI=1S/C17H17N3O5/c1-2-25-16-9-12(7-8-15(16)21)11-18-19-17(22)10-13-5-3-4-6-14(13)20(23)24/h3-9,11,21H,2,10H2,1H3,(H,19,22)/b18-11+. The number of nitrogens with zero attached hydrogens (tertiary/aromatic N) is 2. The van der Waals surface area contributed by atoms with Gasteiger partial charge >= 0.3 is 0 Å². The lowest BCUT2D eigenvalue weighted by atomic mass is 10.1. The molecule has 25 heavy (non-hydrogen) atoms. The number of ether oxygens (including phenoxy) is 1. The van der Waals surface area contributed by atoms with Gasteiger partial charge in [0, 0.05) is 11.6 Å².